The van der Waals surface area contributed by atoms with Gasteiger partial charge < -0.3 is 4.74 Å². The molecule has 1 nitrogen and oxygen atoms in total. The predicted molar refractivity (Wildman–Crippen MR) is 32.9 cm³/mol. The van der Waals surface area contributed by atoms with Gasteiger partial charge in [-0.15, -0.1) is 11.6 Å². The van der Waals surface area contributed by atoms with Crippen molar-refractivity contribution in [2.24, 2.45) is 0 Å². The van der Waals surface area contributed by atoms with Crippen molar-refractivity contribution in [2.45, 2.75) is 23.4 Å². The van der Waals surface area contributed by atoms with Crippen molar-refractivity contribution in [3.05, 3.63) is 0 Å². The van der Waals surface area contributed by atoms with E-state index in [1.807, 2.05) is 6.92 Å². The predicted octanol–water partition coefficient (Wildman–Crippen LogP) is 1.73. The molecule has 1 aliphatic rings. The van der Waals surface area contributed by atoms with Crippen LogP contribution < -0.4 is 0 Å². The number of alkyl halides is 2. The lowest BCUT2D eigenvalue weighted by molar-refractivity contribution is 0.387. The molecule has 0 aromatic carbocycles. The SMILES string of the molecule is CC1OC1C(Cl)Br. The van der Waals surface area contributed by atoms with Gasteiger partial charge >= 0.3 is 0 Å². The molecule has 0 bridgehead atoms. The fourth-order valence-corrected chi connectivity index (χ4v) is 1.29. The quantitative estimate of drug-likeness (QED) is 0.448. The summed E-state index contributed by atoms with van der Waals surface area (Å²) in [6.45, 7) is 2.00. The maximum Gasteiger partial charge on any atom is 0.117 e. The molecular formula is C4H6BrClO. The minimum absolute atomic E-state index is 0.00231. The lowest BCUT2D eigenvalue weighted by atomic mass is 10.4. The average molecular weight is 185 g/mol. The van der Waals surface area contributed by atoms with Crippen molar-refractivity contribution in [1.29, 1.82) is 0 Å². The molecule has 42 valence electrons. The van der Waals surface area contributed by atoms with Gasteiger partial charge in [-0.3, -0.25) is 0 Å². The molecule has 0 aromatic rings. The zero-order valence-electron chi connectivity index (χ0n) is 3.90. The minimum Gasteiger partial charge on any atom is -0.367 e. The van der Waals surface area contributed by atoms with Crippen molar-refractivity contribution in [3.63, 3.8) is 0 Å². The van der Waals surface area contributed by atoms with Crippen LogP contribution in [0.1, 0.15) is 6.92 Å². The normalized spacial score (nSPS) is 43.3. The van der Waals surface area contributed by atoms with Crippen LogP contribution in [0.5, 0.6) is 0 Å². The molecule has 1 aliphatic heterocycles. The highest BCUT2D eigenvalue weighted by Gasteiger charge is 2.39. The Morgan fingerprint density at radius 2 is 2.29 bits per heavy atom. The van der Waals surface area contributed by atoms with Crippen LogP contribution in [0.3, 0.4) is 0 Å². The molecule has 1 fully saturated rings. The molecule has 3 atom stereocenters. The number of ether oxygens (including phenoxy) is 1. The molecule has 0 aliphatic carbocycles. The summed E-state index contributed by atoms with van der Waals surface area (Å²) in [5.41, 5.74) is 0. The van der Waals surface area contributed by atoms with E-state index in [0.29, 0.717) is 6.10 Å². The standard InChI is InChI=1S/C4H6BrClO/c1-2-3(7-2)4(5)6/h2-4H,1H3. The molecule has 3 unspecified atom stereocenters. The maximum atomic E-state index is 5.56. The third kappa shape index (κ3) is 1.31. The molecule has 0 amide bonds. The first-order valence-electron chi connectivity index (χ1n) is 2.15. The summed E-state index contributed by atoms with van der Waals surface area (Å²) in [6.07, 6.45) is 0.614. The summed E-state index contributed by atoms with van der Waals surface area (Å²) in [4.78, 5) is 0. The largest absolute Gasteiger partial charge is 0.367 e. The molecule has 0 radical (unpaired) electrons. The summed E-state index contributed by atoms with van der Waals surface area (Å²) in [5, 5.41) is 0. The van der Waals surface area contributed by atoms with Crippen LogP contribution in [0.25, 0.3) is 0 Å². The van der Waals surface area contributed by atoms with Gasteiger partial charge in [0.15, 0.2) is 0 Å². The Balaban J connectivity index is 2.20. The minimum atomic E-state index is 0.00231. The maximum absolute atomic E-state index is 5.56. The van der Waals surface area contributed by atoms with Gasteiger partial charge in [-0.1, -0.05) is 15.9 Å². The number of rotatable bonds is 1. The van der Waals surface area contributed by atoms with Gasteiger partial charge in [0.05, 0.1) is 6.10 Å². The molecule has 1 rings (SSSR count). The van der Waals surface area contributed by atoms with Crippen molar-refractivity contribution < 1.29 is 4.74 Å². The molecule has 3 heteroatoms. The third-order valence-electron chi connectivity index (χ3n) is 1.01. The second-order valence-electron chi connectivity index (χ2n) is 1.64. The Bertz CT molecular complexity index is 76.1. The number of hydrogen-bond donors (Lipinski definition) is 0. The highest BCUT2D eigenvalue weighted by Crippen LogP contribution is 2.30. The summed E-state index contributed by atoms with van der Waals surface area (Å²) in [5.74, 6) is 0. The van der Waals surface area contributed by atoms with Gasteiger partial charge in [-0.05, 0) is 6.92 Å². The highest BCUT2D eigenvalue weighted by atomic mass is 79.9. The molecular weight excluding hydrogens is 179 g/mol. The van der Waals surface area contributed by atoms with Crippen LogP contribution in [-0.2, 0) is 4.74 Å². The summed E-state index contributed by atoms with van der Waals surface area (Å²) in [6, 6.07) is 0. The Morgan fingerprint density at radius 3 is 2.29 bits per heavy atom. The first kappa shape index (κ1) is 5.86. The summed E-state index contributed by atoms with van der Waals surface area (Å²) >= 11 is 8.74. The number of hydrogen-bond acceptors (Lipinski definition) is 1. The first-order valence-corrected chi connectivity index (χ1v) is 3.50. The van der Waals surface area contributed by atoms with Crippen LogP contribution in [0, 0.1) is 0 Å². The molecule has 0 aromatic heterocycles. The number of epoxide rings is 1. The molecule has 7 heavy (non-hydrogen) atoms. The van der Waals surface area contributed by atoms with Crippen molar-refractivity contribution in [2.75, 3.05) is 0 Å². The molecule has 0 saturated carbocycles. The average Bonchev–Trinajstić information content (AvgIpc) is 2.17. The fourth-order valence-electron chi connectivity index (χ4n) is 0.467. The van der Waals surface area contributed by atoms with Crippen molar-refractivity contribution in [3.8, 4) is 0 Å². The topological polar surface area (TPSA) is 12.5 Å². The molecule has 1 saturated heterocycles. The van der Waals surface area contributed by atoms with E-state index in [0.717, 1.165) is 0 Å². The van der Waals surface area contributed by atoms with E-state index >= 15 is 0 Å². The van der Waals surface area contributed by atoms with E-state index in [-0.39, 0.29) is 10.4 Å². The lowest BCUT2D eigenvalue weighted by Crippen LogP contribution is -1.98. The van der Waals surface area contributed by atoms with Crippen LogP contribution in [0.4, 0.5) is 0 Å². The molecule has 1 heterocycles. The van der Waals surface area contributed by atoms with E-state index in [9.17, 15) is 0 Å². The van der Waals surface area contributed by atoms with Gasteiger partial charge in [0, 0.05) is 0 Å². The lowest BCUT2D eigenvalue weighted by Gasteiger charge is -1.87. The zero-order valence-corrected chi connectivity index (χ0v) is 6.24. The Kier molecular flexibility index (Phi) is 1.61. The van der Waals surface area contributed by atoms with Gasteiger partial charge in [0.1, 0.15) is 10.4 Å². The van der Waals surface area contributed by atoms with E-state index in [1.54, 1.807) is 0 Å². The van der Waals surface area contributed by atoms with Crippen LogP contribution >= 0.6 is 27.5 Å². The van der Waals surface area contributed by atoms with Crippen LogP contribution in [0.2, 0.25) is 0 Å². The summed E-state index contributed by atoms with van der Waals surface area (Å²) in [7, 11) is 0. The van der Waals surface area contributed by atoms with E-state index < -0.39 is 0 Å². The first-order chi connectivity index (χ1) is 3.22. The monoisotopic (exact) mass is 184 g/mol. The summed E-state index contributed by atoms with van der Waals surface area (Å²) < 4.78 is 5.00. The van der Waals surface area contributed by atoms with E-state index in [1.165, 1.54) is 0 Å². The van der Waals surface area contributed by atoms with Gasteiger partial charge in [-0.2, -0.15) is 0 Å². The third-order valence-corrected chi connectivity index (χ3v) is 1.78. The van der Waals surface area contributed by atoms with Gasteiger partial charge in [-0.25, -0.2) is 0 Å². The van der Waals surface area contributed by atoms with Gasteiger partial charge in [0.25, 0.3) is 0 Å². The van der Waals surface area contributed by atoms with Crippen molar-refractivity contribution in [1.82, 2.24) is 0 Å². The second kappa shape index (κ2) is 1.92. The molecule has 0 N–H and O–H groups in total. The van der Waals surface area contributed by atoms with E-state index in [4.69, 9.17) is 16.3 Å². The fraction of sp³-hybridized carbons (Fsp3) is 1.00. The molecule has 0 spiro atoms. The van der Waals surface area contributed by atoms with E-state index in [2.05, 4.69) is 15.9 Å². The number of halogens is 2. The zero-order chi connectivity index (χ0) is 5.44. The second-order valence-corrected chi connectivity index (χ2v) is 3.62. The van der Waals surface area contributed by atoms with Crippen LogP contribution in [0.15, 0.2) is 0 Å². The van der Waals surface area contributed by atoms with Crippen LogP contribution in [-0.4, -0.2) is 16.5 Å². The smallest absolute Gasteiger partial charge is 0.117 e. The Labute approximate surface area is 56.1 Å². The highest BCUT2D eigenvalue weighted by molar-refractivity contribution is 9.10. The Hall–Kier alpha value is 0.730. The van der Waals surface area contributed by atoms with Crippen molar-refractivity contribution >= 4 is 27.5 Å². The Morgan fingerprint density at radius 1 is 1.86 bits per heavy atom. The van der Waals surface area contributed by atoms with Gasteiger partial charge in [0.2, 0.25) is 0 Å².